The first-order chi connectivity index (χ1) is 10.7. The Morgan fingerprint density at radius 1 is 1.00 bits per heavy atom. The van der Waals surface area contributed by atoms with E-state index >= 15 is 0 Å². The van der Waals surface area contributed by atoms with Crippen LogP contribution in [0.2, 0.25) is 0 Å². The van der Waals surface area contributed by atoms with Gasteiger partial charge in [0.05, 0.1) is 0 Å². The highest BCUT2D eigenvalue weighted by atomic mass is 79.9. The molecular formula is C19H14BrNO. The number of halogens is 1. The topological polar surface area (TPSA) is 29.1 Å². The summed E-state index contributed by atoms with van der Waals surface area (Å²) in [5, 5.41) is 5.43. The van der Waals surface area contributed by atoms with Gasteiger partial charge in [0.1, 0.15) is 0 Å². The average Bonchev–Trinajstić information content (AvgIpc) is 2.53. The van der Waals surface area contributed by atoms with Crippen molar-refractivity contribution < 1.29 is 4.79 Å². The molecule has 3 heteroatoms. The van der Waals surface area contributed by atoms with Crippen molar-refractivity contribution in [3.63, 3.8) is 0 Å². The number of benzene rings is 3. The molecular weight excluding hydrogens is 338 g/mol. The van der Waals surface area contributed by atoms with Crippen LogP contribution in [0.3, 0.4) is 0 Å². The van der Waals surface area contributed by atoms with E-state index in [9.17, 15) is 4.79 Å². The predicted octanol–water partition coefficient (Wildman–Crippen LogP) is 5.08. The maximum atomic E-state index is 12.1. The molecule has 0 aromatic heterocycles. The van der Waals surface area contributed by atoms with Gasteiger partial charge in [-0.2, -0.15) is 0 Å². The Labute approximate surface area is 137 Å². The van der Waals surface area contributed by atoms with Gasteiger partial charge in [0.25, 0.3) is 0 Å². The summed E-state index contributed by atoms with van der Waals surface area (Å²) in [7, 11) is 0. The second-order valence-corrected chi connectivity index (χ2v) is 6.52. The van der Waals surface area contributed by atoms with Gasteiger partial charge >= 0.3 is 0 Å². The molecule has 1 aliphatic rings. The SMILES string of the molecule is O=C1C[C@@H](c2cccc(Br)c2)c2c(ccc3ccccc23)N1. The zero-order chi connectivity index (χ0) is 15.1. The largest absolute Gasteiger partial charge is 0.326 e. The molecule has 22 heavy (non-hydrogen) atoms. The third-order valence-corrected chi connectivity index (χ3v) is 4.73. The molecule has 0 unspecified atom stereocenters. The van der Waals surface area contributed by atoms with E-state index in [1.54, 1.807) is 0 Å². The van der Waals surface area contributed by atoms with E-state index in [2.05, 4.69) is 57.6 Å². The van der Waals surface area contributed by atoms with Crippen molar-refractivity contribution in [2.45, 2.75) is 12.3 Å². The standard InChI is InChI=1S/C19H14BrNO/c20-14-6-3-5-13(10-14)16-11-18(22)21-17-9-8-12-4-1-2-7-15(12)19(16)17/h1-10,16H,11H2,(H,21,22)/t16-/m0/s1. The second kappa shape index (κ2) is 5.25. The first-order valence-electron chi connectivity index (χ1n) is 7.29. The Morgan fingerprint density at radius 3 is 2.73 bits per heavy atom. The van der Waals surface area contributed by atoms with Gasteiger partial charge in [-0.1, -0.05) is 58.4 Å². The molecule has 0 radical (unpaired) electrons. The Morgan fingerprint density at radius 2 is 1.86 bits per heavy atom. The van der Waals surface area contributed by atoms with Crippen LogP contribution in [0.15, 0.2) is 65.1 Å². The van der Waals surface area contributed by atoms with Crippen molar-refractivity contribution in [3.05, 3.63) is 76.3 Å². The Kier molecular flexibility index (Phi) is 3.23. The minimum absolute atomic E-state index is 0.0766. The van der Waals surface area contributed by atoms with Crippen LogP contribution in [0.5, 0.6) is 0 Å². The van der Waals surface area contributed by atoms with Crippen molar-refractivity contribution in [2.24, 2.45) is 0 Å². The van der Waals surface area contributed by atoms with Crippen molar-refractivity contribution >= 4 is 38.3 Å². The van der Waals surface area contributed by atoms with Crippen molar-refractivity contribution in [3.8, 4) is 0 Å². The van der Waals surface area contributed by atoms with Crippen molar-refractivity contribution in [2.75, 3.05) is 5.32 Å². The molecule has 1 aliphatic heterocycles. The number of carbonyl (C=O) groups is 1. The average molecular weight is 352 g/mol. The van der Waals surface area contributed by atoms with Crippen LogP contribution in [0.25, 0.3) is 10.8 Å². The minimum atomic E-state index is 0.0766. The van der Waals surface area contributed by atoms with E-state index in [0.717, 1.165) is 10.2 Å². The fraction of sp³-hybridized carbons (Fsp3) is 0.105. The highest BCUT2D eigenvalue weighted by molar-refractivity contribution is 9.10. The molecule has 1 heterocycles. The third kappa shape index (κ3) is 2.22. The number of anilines is 1. The number of nitrogens with one attached hydrogen (secondary N) is 1. The molecule has 3 aromatic carbocycles. The Balaban J connectivity index is 1.99. The summed E-state index contributed by atoms with van der Waals surface area (Å²) in [5.41, 5.74) is 3.32. The predicted molar refractivity (Wildman–Crippen MR) is 93.2 cm³/mol. The zero-order valence-corrected chi connectivity index (χ0v) is 13.4. The van der Waals surface area contributed by atoms with Crippen LogP contribution in [0.4, 0.5) is 5.69 Å². The zero-order valence-electron chi connectivity index (χ0n) is 11.8. The molecule has 0 fully saturated rings. The fourth-order valence-electron chi connectivity index (χ4n) is 3.28. The van der Waals surface area contributed by atoms with Crippen LogP contribution in [0, 0.1) is 0 Å². The van der Waals surface area contributed by atoms with Gasteiger partial charge in [-0.15, -0.1) is 0 Å². The molecule has 2 nitrogen and oxygen atoms in total. The Hall–Kier alpha value is -2.13. The maximum absolute atomic E-state index is 12.1. The molecule has 0 saturated heterocycles. The lowest BCUT2D eigenvalue weighted by molar-refractivity contribution is -0.116. The fourth-order valence-corrected chi connectivity index (χ4v) is 3.69. The summed E-state index contributed by atoms with van der Waals surface area (Å²) >= 11 is 3.53. The van der Waals surface area contributed by atoms with Crippen LogP contribution < -0.4 is 5.32 Å². The number of hydrogen-bond donors (Lipinski definition) is 1. The molecule has 0 bridgehead atoms. The van der Waals surface area contributed by atoms with E-state index in [1.165, 1.54) is 21.9 Å². The number of carbonyl (C=O) groups excluding carboxylic acids is 1. The summed E-state index contributed by atoms with van der Waals surface area (Å²) in [4.78, 5) is 12.1. The van der Waals surface area contributed by atoms with Crippen LogP contribution in [-0.4, -0.2) is 5.91 Å². The number of fused-ring (bicyclic) bond motifs is 3. The number of rotatable bonds is 1. The maximum Gasteiger partial charge on any atom is 0.225 e. The monoisotopic (exact) mass is 351 g/mol. The Bertz CT molecular complexity index is 887. The van der Waals surface area contributed by atoms with Gasteiger partial charge in [-0.25, -0.2) is 0 Å². The van der Waals surface area contributed by atoms with Gasteiger partial charge in [0.2, 0.25) is 5.91 Å². The summed E-state index contributed by atoms with van der Waals surface area (Å²) < 4.78 is 1.04. The summed E-state index contributed by atoms with van der Waals surface area (Å²) in [5.74, 6) is 0.167. The van der Waals surface area contributed by atoms with Crippen LogP contribution >= 0.6 is 15.9 Å². The molecule has 0 saturated carbocycles. The molecule has 1 atom stereocenters. The third-order valence-electron chi connectivity index (χ3n) is 4.23. The van der Waals surface area contributed by atoms with E-state index in [4.69, 9.17) is 0 Å². The highest BCUT2D eigenvalue weighted by Crippen LogP contribution is 2.41. The van der Waals surface area contributed by atoms with Gasteiger partial charge in [0.15, 0.2) is 0 Å². The van der Waals surface area contributed by atoms with Gasteiger partial charge in [-0.3, -0.25) is 4.79 Å². The normalized spacial score (nSPS) is 17.1. The van der Waals surface area contributed by atoms with Gasteiger partial charge in [0, 0.05) is 22.5 Å². The van der Waals surface area contributed by atoms with E-state index in [0.29, 0.717) is 6.42 Å². The summed E-state index contributed by atoms with van der Waals surface area (Å²) in [6, 6.07) is 20.7. The first kappa shape index (κ1) is 13.5. The number of hydrogen-bond acceptors (Lipinski definition) is 1. The van der Waals surface area contributed by atoms with E-state index < -0.39 is 0 Å². The van der Waals surface area contributed by atoms with E-state index in [-0.39, 0.29) is 11.8 Å². The highest BCUT2D eigenvalue weighted by Gasteiger charge is 2.28. The smallest absolute Gasteiger partial charge is 0.225 e. The molecule has 0 aliphatic carbocycles. The van der Waals surface area contributed by atoms with Gasteiger partial charge < -0.3 is 5.32 Å². The van der Waals surface area contributed by atoms with Crippen molar-refractivity contribution in [1.82, 2.24) is 0 Å². The second-order valence-electron chi connectivity index (χ2n) is 5.61. The molecule has 0 spiro atoms. The lowest BCUT2D eigenvalue weighted by Crippen LogP contribution is -2.23. The summed E-state index contributed by atoms with van der Waals surface area (Å²) in [6.07, 6.45) is 0.484. The lowest BCUT2D eigenvalue weighted by Gasteiger charge is -2.27. The first-order valence-corrected chi connectivity index (χ1v) is 8.08. The quantitative estimate of drug-likeness (QED) is 0.650. The molecule has 3 aromatic rings. The molecule has 108 valence electrons. The van der Waals surface area contributed by atoms with Crippen molar-refractivity contribution in [1.29, 1.82) is 0 Å². The van der Waals surface area contributed by atoms with E-state index in [1.807, 2.05) is 24.3 Å². The number of amides is 1. The lowest BCUT2D eigenvalue weighted by atomic mass is 9.82. The molecule has 1 amide bonds. The molecule has 1 N–H and O–H groups in total. The van der Waals surface area contributed by atoms with Crippen LogP contribution in [-0.2, 0) is 4.79 Å². The minimum Gasteiger partial charge on any atom is -0.326 e. The van der Waals surface area contributed by atoms with Crippen LogP contribution in [0.1, 0.15) is 23.5 Å². The molecule has 4 rings (SSSR count). The summed E-state index contributed by atoms with van der Waals surface area (Å²) in [6.45, 7) is 0. The van der Waals surface area contributed by atoms with Gasteiger partial charge in [-0.05, 0) is 40.1 Å².